The van der Waals surface area contributed by atoms with E-state index in [1.54, 1.807) is 6.20 Å². The van der Waals surface area contributed by atoms with Gasteiger partial charge in [-0.3, -0.25) is 15.0 Å². The molecule has 1 aliphatic rings. The van der Waals surface area contributed by atoms with Crippen LogP contribution in [0.25, 0.3) is 11.4 Å². The summed E-state index contributed by atoms with van der Waals surface area (Å²) in [6.07, 6.45) is 1.76. The Hall–Kier alpha value is -3.00. The molecule has 3 amide bonds. The van der Waals surface area contributed by atoms with Gasteiger partial charge in [0.25, 0.3) is 0 Å². The molecule has 0 atom stereocenters. The molecule has 1 fully saturated rings. The first kappa shape index (κ1) is 16.8. The van der Waals surface area contributed by atoms with Gasteiger partial charge in [-0.25, -0.2) is 14.8 Å². The minimum atomic E-state index is -0.821. The van der Waals surface area contributed by atoms with E-state index in [1.807, 2.05) is 41.3 Å². The van der Waals surface area contributed by atoms with E-state index >= 15 is 0 Å². The van der Waals surface area contributed by atoms with Crippen molar-refractivity contribution in [1.82, 2.24) is 20.2 Å². The lowest BCUT2D eigenvalue weighted by molar-refractivity contribution is -0.121. The van der Waals surface area contributed by atoms with Gasteiger partial charge >= 0.3 is 6.03 Å². The Labute approximate surface area is 145 Å². The summed E-state index contributed by atoms with van der Waals surface area (Å²) in [7, 11) is 0. The number of benzene rings is 1. The van der Waals surface area contributed by atoms with Crippen molar-refractivity contribution in [3.63, 3.8) is 0 Å². The number of nitrogens with zero attached hydrogens (tertiary/aromatic N) is 4. The zero-order valence-electron chi connectivity index (χ0n) is 13.8. The molecule has 8 nitrogen and oxygen atoms in total. The van der Waals surface area contributed by atoms with E-state index in [9.17, 15) is 9.59 Å². The predicted molar refractivity (Wildman–Crippen MR) is 93.8 cm³/mol. The van der Waals surface area contributed by atoms with Gasteiger partial charge < -0.3 is 10.6 Å². The maximum Gasteiger partial charge on any atom is 0.318 e. The van der Waals surface area contributed by atoms with Crippen LogP contribution in [0.3, 0.4) is 0 Å². The minimum absolute atomic E-state index is 0.163. The molecular weight excluding hydrogens is 320 g/mol. The first-order chi connectivity index (χ1) is 12.1. The molecular formula is C17H20N6O2. The fourth-order valence-electron chi connectivity index (χ4n) is 2.77. The fourth-order valence-corrected chi connectivity index (χ4v) is 2.77. The second-order valence-electron chi connectivity index (χ2n) is 5.78. The number of rotatable bonds is 4. The number of piperazine rings is 1. The van der Waals surface area contributed by atoms with Crippen LogP contribution in [0.5, 0.6) is 0 Å². The van der Waals surface area contributed by atoms with Gasteiger partial charge in [-0.05, 0) is 6.07 Å². The quantitative estimate of drug-likeness (QED) is 0.838. The van der Waals surface area contributed by atoms with E-state index in [4.69, 9.17) is 5.73 Å². The van der Waals surface area contributed by atoms with Crippen LogP contribution in [0, 0.1) is 0 Å². The number of nitrogens with one attached hydrogen (secondary N) is 1. The van der Waals surface area contributed by atoms with Gasteiger partial charge in [0, 0.05) is 37.9 Å². The third-order valence-electron chi connectivity index (χ3n) is 4.00. The second-order valence-corrected chi connectivity index (χ2v) is 5.78. The fraction of sp³-hybridized carbons (Fsp3) is 0.294. The smallest absolute Gasteiger partial charge is 0.318 e. The van der Waals surface area contributed by atoms with Crippen molar-refractivity contribution in [3.05, 3.63) is 42.6 Å². The zero-order chi connectivity index (χ0) is 17.6. The van der Waals surface area contributed by atoms with Crippen molar-refractivity contribution in [3.8, 4) is 11.4 Å². The molecule has 1 aromatic heterocycles. The third-order valence-corrected chi connectivity index (χ3v) is 4.00. The normalized spacial score (nSPS) is 15.0. The standard InChI is InChI=1S/C17H20N6O2/c18-17(25)21-15(24)12-22-8-10-23(11-9-22)14-6-7-19-16(20-14)13-4-2-1-3-5-13/h1-7H,8-12H2,(H3,18,21,24,25). The summed E-state index contributed by atoms with van der Waals surface area (Å²) in [5.41, 5.74) is 5.92. The maximum atomic E-state index is 11.6. The molecule has 0 radical (unpaired) electrons. The minimum Gasteiger partial charge on any atom is -0.354 e. The molecule has 8 heteroatoms. The number of anilines is 1. The molecule has 0 unspecified atom stereocenters. The number of amides is 3. The number of primary amides is 1. The Balaban J connectivity index is 1.60. The average Bonchev–Trinajstić information content (AvgIpc) is 2.62. The molecule has 0 bridgehead atoms. The first-order valence-electron chi connectivity index (χ1n) is 8.07. The molecule has 0 aliphatic carbocycles. The molecule has 3 N–H and O–H groups in total. The summed E-state index contributed by atoms with van der Waals surface area (Å²) in [5, 5.41) is 2.08. The molecule has 1 aliphatic heterocycles. The topological polar surface area (TPSA) is 104 Å². The van der Waals surface area contributed by atoms with Gasteiger partial charge in [-0.1, -0.05) is 30.3 Å². The number of urea groups is 1. The largest absolute Gasteiger partial charge is 0.354 e. The Bertz CT molecular complexity index is 744. The van der Waals surface area contributed by atoms with Crippen molar-refractivity contribution < 1.29 is 9.59 Å². The molecule has 1 aromatic carbocycles. The van der Waals surface area contributed by atoms with Crippen LogP contribution in [0.1, 0.15) is 0 Å². The van der Waals surface area contributed by atoms with E-state index in [-0.39, 0.29) is 12.5 Å². The summed E-state index contributed by atoms with van der Waals surface area (Å²) in [4.78, 5) is 35.4. The maximum absolute atomic E-state index is 11.6. The van der Waals surface area contributed by atoms with Crippen molar-refractivity contribution >= 4 is 17.8 Å². The molecule has 2 heterocycles. The molecule has 3 rings (SSSR count). The van der Waals surface area contributed by atoms with E-state index in [0.29, 0.717) is 18.9 Å². The summed E-state index contributed by atoms with van der Waals surface area (Å²) in [6, 6.07) is 10.9. The molecule has 130 valence electrons. The van der Waals surface area contributed by atoms with Crippen molar-refractivity contribution in [2.45, 2.75) is 0 Å². The number of nitrogens with two attached hydrogens (primary N) is 1. The van der Waals surface area contributed by atoms with Gasteiger partial charge in [0.1, 0.15) is 5.82 Å². The van der Waals surface area contributed by atoms with Crippen LogP contribution in [0.15, 0.2) is 42.6 Å². The van der Waals surface area contributed by atoms with Gasteiger partial charge in [-0.15, -0.1) is 0 Å². The highest BCUT2D eigenvalue weighted by Crippen LogP contribution is 2.19. The van der Waals surface area contributed by atoms with Crippen molar-refractivity contribution in [1.29, 1.82) is 0 Å². The average molecular weight is 340 g/mol. The van der Waals surface area contributed by atoms with E-state index in [2.05, 4.69) is 20.2 Å². The molecule has 0 spiro atoms. The number of aromatic nitrogens is 2. The molecule has 0 saturated carbocycles. The van der Waals surface area contributed by atoms with Gasteiger partial charge in [-0.2, -0.15) is 0 Å². The van der Waals surface area contributed by atoms with Crippen LogP contribution >= 0.6 is 0 Å². The monoisotopic (exact) mass is 340 g/mol. The number of hydrogen-bond donors (Lipinski definition) is 2. The number of hydrogen-bond acceptors (Lipinski definition) is 6. The highest BCUT2D eigenvalue weighted by molar-refractivity contribution is 5.94. The van der Waals surface area contributed by atoms with E-state index in [0.717, 1.165) is 24.5 Å². The lowest BCUT2D eigenvalue weighted by Gasteiger charge is -2.34. The van der Waals surface area contributed by atoms with E-state index in [1.165, 1.54) is 0 Å². The number of carbonyl (C=O) groups is 2. The Morgan fingerprint density at radius 3 is 2.48 bits per heavy atom. The van der Waals surface area contributed by atoms with E-state index < -0.39 is 6.03 Å². The predicted octanol–water partition coefficient (Wildman–Crippen LogP) is 0.460. The van der Waals surface area contributed by atoms with Crippen LogP contribution in [0.2, 0.25) is 0 Å². The van der Waals surface area contributed by atoms with Crippen molar-refractivity contribution in [2.24, 2.45) is 5.73 Å². The lowest BCUT2D eigenvalue weighted by Crippen LogP contribution is -2.50. The summed E-state index contributed by atoms with van der Waals surface area (Å²) >= 11 is 0. The second kappa shape index (κ2) is 7.71. The van der Waals surface area contributed by atoms with Crippen LogP contribution in [-0.4, -0.2) is 59.5 Å². The lowest BCUT2D eigenvalue weighted by atomic mass is 10.2. The SMILES string of the molecule is NC(=O)NC(=O)CN1CCN(c2ccnc(-c3ccccc3)n2)CC1. The summed E-state index contributed by atoms with van der Waals surface area (Å²) in [5.74, 6) is 1.19. The van der Waals surface area contributed by atoms with Gasteiger partial charge in [0.2, 0.25) is 5.91 Å². The first-order valence-corrected chi connectivity index (χ1v) is 8.07. The number of imide groups is 1. The van der Waals surface area contributed by atoms with Crippen LogP contribution in [-0.2, 0) is 4.79 Å². The highest BCUT2D eigenvalue weighted by Gasteiger charge is 2.20. The highest BCUT2D eigenvalue weighted by atomic mass is 16.2. The Morgan fingerprint density at radius 2 is 1.80 bits per heavy atom. The van der Waals surface area contributed by atoms with Crippen LogP contribution < -0.4 is 16.0 Å². The Kier molecular flexibility index (Phi) is 5.20. The zero-order valence-corrected chi connectivity index (χ0v) is 13.8. The molecule has 1 saturated heterocycles. The van der Waals surface area contributed by atoms with Crippen LogP contribution in [0.4, 0.5) is 10.6 Å². The molecule has 25 heavy (non-hydrogen) atoms. The Morgan fingerprint density at radius 1 is 1.08 bits per heavy atom. The summed E-state index contributed by atoms with van der Waals surface area (Å²) in [6.45, 7) is 3.06. The summed E-state index contributed by atoms with van der Waals surface area (Å²) < 4.78 is 0. The van der Waals surface area contributed by atoms with Gasteiger partial charge in [0.05, 0.1) is 6.54 Å². The molecule has 2 aromatic rings. The number of carbonyl (C=O) groups excluding carboxylic acids is 2. The third kappa shape index (κ3) is 4.51. The van der Waals surface area contributed by atoms with Gasteiger partial charge in [0.15, 0.2) is 5.82 Å². The van der Waals surface area contributed by atoms with Crippen molar-refractivity contribution in [2.75, 3.05) is 37.6 Å².